The number of carboxylic acids is 1. The topological polar surface area (TPSA) is 155 Å². The van der Waals surface area contributed by atoms with Crippen LogP contribution in [0.25, 0.3) is 0 Å². The van der Waals surface area contributed by atoms with E-state index < -0.39 is 45.1 Å². The van der Waals surface area contributed by atoms with Crippen molar-refractivity contribution in [2.45, 2.75) is 199 Å². The third-order valence-corrected chi connectivity index (χ3v) is 10.3. The quantitative estimate of drug-likeness (QED) is 0.0235. The molecule has 0 saturated carbocycles. The maximum Gasteiger partial charge on any atom is 0.472 e. The zero-order valence-electron chi connectivity index (χ0n) is 35.5. The lowest BCUT2D eigenvalue weighted by Crippen LogP contribution is -2.34. The highest BCUT2D eigenvalue weighted by Crippen LogP contribution is 2.43. The van der Waals surface area contributed by atoms with Crippen LogP contribution in [0.4, 0.5) is 0 Å². The van der Waals surface area contributed by atoms with Crippen LogP contribution < -0.4 is 5.73 Å². The maximum absolute atomic E-state index is 12.6. The zero-order chi connectivity index (χ0) is 41.2. The lowest BCUT2D eigenvalue weighted by molar-refractivity contribution is -0.154. The van der Waals surface area contributed by atoms with Gasteiger partial charge in [-0.25, -0.2) is 4.57 Å². The Morgan fingerprint density at radius 3 is 1.55 bits per heavy atom. The van der Waals surface area contributed by atoms with E-state index in [1.54, 1.807) is 0 Å². The molecule has 3 atom stereocenters. The monoisotopic (exact) mass is 812 g/mol. The van der Waals surface area contributed by atoms with Crippen molar-refractivity contribution in [3.63, 3.8) is 0 Å². The van der Waals surface area contributed by atoms with Crippen molar-refractivity contribution >= 4 is 19.8 Å². The number of allylic oxidation sites excluding steroid dienone is 8. The maximum atomic E-state index is 12.6. The fourth-order valence-corrected chi connectivity index (χ4v) is 6.63. The lowest BCUT2D eigenvalue weighted by Gasteiger charge is -2.20. The minimum absolute atomic E-state index is 0.00870. The van der Waals surface area contributed by atoms with Crippen molar-refractivity contribution in [3.05, 3.63) is 48.6 Å². The molecule has 0 saturated heterocycles. The molecule has 0 rings (SSSR count). The first-order chi connectivity index (χ1) is 27.2. The van der Waals surface area contributed by atoms with Gasteiger partial charge in [0.05, 0.1) is 19.8 Å². The van der Waals surface area contributed by atoms with Gasteiger partial charge < -0.3 is 25.2 Å². The van der Waals surface area contributed by atoms with E-state index in [1.807, 2.05) is 0 Å². The van der Waals surface area contributed by atoms with Crippen LogP contribution in [0.2, 0.25) is 0 Å². The van der Waals surface area contributed by atoms with Gasteiger partial charge in [-0.1, -0.05) is 159 Å². The van der Waals surface area contributed by atoms with E-state index in [9.17, 15) is 19.0 Å². The molecule has 326 valence electrons. The van der Waals surface area contributed by atoms with Crippen LogP contribution in [0.15, 0.2) is 48.6 Å². The van der Waals surface area contributed by atoms with Crippen molar-refractivity contribution in [1.82, 2.24) is 0 Å². The summed E-state index contributed by atoms with van der Waals surface area (Å²) in [6, 6.07) is -1.48. The molecule has 0 aromatic heterocycles. The van der Waals surface area contributed by atoms with Crippen molar-refractivity contribution in [2.75, 3.05) is 26.4 Å². The van der Waals surface area contributed by atoms with Gasteiger partial charge in [-0.05, 0) is 70.6 Å². The number of hydrogen-bond donors (Lipinski definition) is 3. The minimum Gasteiger partial charge on any atom is -0.480 e. The Bertz CT molecular complexity index is 1080. The molecule has 0 amide bonds. The van der Waals surface area contributed by atoms with Crippen LogP contribution in [0.5, 0.6) is 0 Å². The molecule has 0 aromatic carbocycles. The first-order valence-electron chi connectivity index (χ1n) is 22.2. The van der Waals surface area contributed by atoms with Gasteiger partial charge in [0, 0.05) is 13.0 Å². The molecule has 0 aromatic rings. The summed E-state index contributed by atoms with van der Waals surface area (Å²) < 4.78 is 33.3. The van der Waals surface area contributed by atoms with Gasteiger partial charge >= 0.3 is 19.8 Å². The Morgan fingerprint density at radius 2 is 1.02 bits per heavy atom. The molecule has 3 unspecified atom stereocenters. The number of rotatable bonds is 42. The first-order valence-corrected chi connectivity index (χ1v) is 23.7. The molecular formula is C45H82NO9P. The number of esters is 1. The van der Waals surface area contributed by atoms with Crippen LogP contribution in [0.1, 0.15) is 187 Å². The number of carboxylic acid groups (broad SMARTS) is 1. The van der Waals surface area contributed by atoms with Crippen molar-refractivity contribution in [1.29, 1.82) is 0 Å². The van der Waals surface area contributed by atoms with E-state index in [0.717, 1.165) is 83.5 Å². The molecule has 0 heterocycles. The first kappa shape index (κ1) is 53.9. The van der Waals surface area contributed by atoms with Crippen LogP contribution in [0.3, 0.4) is 0 Å². The average molecular weight is 812 g/mol. The molecule has 0 aliphatic rings. The molecule has 11 heteroatoms. The Balaban J connectivity index is 4.12. The van der Waals surface area contributed by atoms with Gasteiger partial charge in [0.15, 0.2) is 0 Å². The second-order valence-corrected chi connectivity index (χ2v) is 16.3. The average Bonchev–Trinajstić information content (AvgIpc) is 3.18. The van der Waals surface area contributed by atoms with Crippen molar-refractivity contribution < 1.29 is 42.7 Å². The van der Waals surface area contributed by atoms with E-state index in [0.29, 0.717) is 13.0 Å². The summed E-state index contributed by atoms with van der Waals surface area (Å²) in [6.45, 7) is 3.77. The van der Waals surface area contributed by atoms with Gasteiger partial charge in [0.1, 0.15) is 12.1 Å². The van der Waals surface area contributed by atoms with E-state index in [-0.39, 0.29) is 13.0 Å². The fraction of sp³-hybridized carbons (Fsp3) is 0.778. The van der Waals surface area contributed by atoms with Crippen LogP contribution in [-0.2, 0) is 32.7 Å². The number of unbranched alkanes of at least 4 members (excludes halogenated alkanes) is 20. The molecule has 0 bridgehead atoms. The van der Waals surface area contributed by atoms with Crippen LogP contribution in [0, 0.1) is 0 Å². The summed E-state index contributed by atoms with van der Waals surface area (Å²) >= 11 is 0. The molecule has 10 nitrogen and oxygen atoms in total. The number of phosphoric ester groups is 1. The largest absolute Gasteiger partial charge is 0.480 e. The highest BCUT2D eigenvalue weighted by molar-refractivity contribution is 7.47. The third-order valence-electron chi connectivity index (χ3n) is 9.31. The highest BCUT2D eigenvalue weighted by atomic mass is 31.2. The summed E-state index contributed by atoms with van der Waals surface area (Å²) in [5, 5.41) is 8.88. The SMILES string of the molecule is CCC/C=C\CCCCCCCC(=O)OC(COCCCCCCCCCCC/C=C\C/C=C\C/C=C\CCCCCCC)COP(=O)(O)OCC(N)C(=O)O. The van der Waals surface area contributed by atoms with E-state index in [1.165, 1.54) is 77.0 Å². The summed E-state index contributed by atoms with van der Waals surface area (Å²) in [4.78, 5) is 33.4. The number of nitrogens with two attached hydrogens (primary N) is 1. The number of hydrogen-bond acceptors (Lipinski definition) is 8. The second-order valence-electron chi connectivity index (χ2n) is 14.8. The zero-order valence-corrected chi connectivity index (χ0v) is 36.4. The second kappa shape index (κ2) is 41.1. The number of carbonyl (C=O) groups excluding carboxylic acids is 1. The summed E-state index contributed by atoms with van der Waals surface area (Å²) in [5.74, 6) is -1.79. The number of carbonyl (C=O) groups is 2. The van der Waals surface area contributed by atoms with E-state index >= 15 is 0 Å². The smallest absolute Gasteiger partial charge is 0.472 e. The third kappa shape index (κ3) is 40.1. The summed E-state index contributed by atoms with van der Waals surface area (Å²) in [6.07, 6.45) is 47.5. The van der Waals surface area contributed by atoms with Gasteiger partial charge in [-0.3, -0.25) is 18.6 Å². The molecule has 4 N–H and O–H groups in total. The van der Waals surface area contributed by atoms with E-state index in [4.69, 9.17) is 29.4 Å². The number of aliphatic carboxylic acids is 1. The number of phosphoric acid groups is 1. The van der Waals surface area contributed by atoms with Gasteiger partial charge in [-0.15, -0.1) is 0 Å². The Hall–Kier alpha value is -2.07. The Kier molecular flexibility index (Phi) is 39.6. The van der Waals surface area contributed by atoms with Gasteiger partial charge in [0.25, 0.3) is 0 Å². The molecule has 0 fully saturated rings. The summed E-state index contributed by atoms with van der Waals surface area (Å²) in [5.41, 5.74) is 5.35. The Morgan fingerprint density at radius 1 is 0.571 bits per heavy atom. The predicted molar refractivity (Wildman–Crippen MR) is 231 cm³/mol. The Labute approximate surface area is 341 Å². The van der Waals surface area contributed by atoms with Crippen LogP contribution >= 0.6 is 7.82 Å². The predicted octanol–water partition coefficient (Wildman–Crippen LogP) is 12.3. The minimum atomic E-state index is -4.62. The molecular weight excluding hydrogens is 729 g/mol. The molecule has 56 heavy (non-hydrogen) atoms. The summed E-state index contributed by atoms with van der Waals surface area (Å²) in [7, 11) is -4.62. The van der Waals surface area contributed by atoms with Crippen molar-refractivity contribution in [2.24, 2.45) is 5.73 Å². The normalized spacial score (nSPS) is 14.4. The number of ether oxygens (including phenoxy) is 2. The molecule has 0 radical (unpaired) electrons. The van der Waals surface area contributed by atoms with Crippen molar-refractivity contribution in [3.8, 4) is 0 Å². The lowest BCUT2D eigenvalue weighted by atomic mass is 10.1. The molecule has 0 aliphatic carbocycles. The molecule has 0 spiro atoms. The van der Waals surface area contributed by atoms with E-state index in [2.05, 4.69) is 62.5 Å². The van der Waals surface area contributed by atoms with Gasteiger partial charge in [0.2, 0.25) is 0 Å². The fourth-order valence-electron chi connectivity index (χ4n) is 5.85. The van der Waals surface area contributed by atoms with Crippen LogP contribution in [-0.4, -0.2) is 60.5 Å². The molecule has 0 aliphatic heterocycles. The standard InChI is InChI=1S/C45H82NO9P/c1-3-5-7-9-11-13-15-16-17-18-19-20-21-22-23-24-25-26-27-28-30-32-34-36-38-52-39-42(40-53-56(50,51)54-41-43(46)45(48)49)55-44(47)37-35-33-31-29-14-12-10-8-6-4-2/h8,10,15-16,18-19,21-22,42-43H,3-7,9,11-14,17,20,23-41,46H2,1-2H3,(H,48,49)(H,50,51)/b10-8-,16-15-,19-18-,22-21-. The highest BCUT2D eigenvalue weighted by Gasteiger charge is 2.27. The van der Waals surface area contributed by atoms with Gasteiger partial charge in [-0.2, -0.15) is 0 Å².